The van der Waals surface area contributed by atoms with Crippen molar-refractivity contribution in [2.24, 2.45) is 4.99 Å². The molecule has 158 valence electrons. The van der Waals surface area contributed by atoms with Gasteiger partial charge in [0.2, 0.25) is 5.95 Å². The van der Waals surface area contributed by atoms with Gasteiger partial charge in [0.15, 0.2) is 5.96 Å². The molecule has 7 nitrogen and oxygen atoms in total. The number of thioether (sulfide) groups is 1. The molecule has 1 unspecified atom stereocenters. The first-order chi connectivity index (χ1) is 13.3. The number of piperazine rings is 1. The van der Waals surface area contributed by atoms with E-state index in [1.165, 1.54) is 12.2 Å². The van der Waals surface area contributed by atoms with Crippen LogP contribution in [0.1, 0.15) is 20.3 Å². The van der Waals surface area contributed by atoms with Crippen LogP contribution in [0.25, 0.3) is 0 Å². The van der Waals surface area contributed by atoms with Crippen LogP contribution in [0, 0.1) is 0 Å². The topological polar surface area (TPSA) is 59.9 Å². The minimum absolute atomic E-state index is 0. The summed E-state index contributed by atoms with van der Waals surface area (Å²) in [4.78, 5) is 20.8. The largest absolute Gasteiger partial charge is 0.357 e. The highest BCUT2D eigenvalue weighted by molar-refractivity contribution is 14.0. The number of hydrogen-bond acceptors (Lipinski definition) is 6. The van der Waals surface area contributed by atoms with Gasteiger partial charge in [-0.3, -0.25) is 9.89 Å². The van der Waals surface area contributed by atoms with E-state index in [2.05, 4.69) is 55.6 Å². The summed E-state index contributed by atoms with van der Waals surface area (Å²) in [6.07, 6.45) is 4.86. The number of nitrogens with one attached hydrogen (secondary N) is 1. The number of rotatable bonds is 6. The molecule has 28 heavy (non-hydrogen) atoms. The van der Waals surface area contributed by atoms with Gasteiger partial charge in [0.05, 0.1) is 6.54 Å². The lowest BCUT2D eigenvalue weighted by Crippen LogP contribution is -2.49. The maximum atomic E-state index is 4.92. The van der Waals surface area contributed by atoms with Gasteiger partial charge in [-0.15, -0.1) is 24.0 Å². The molecule has 1 atom stereocenters. The summed E-state index contributed by atoms with van der Waals surface area (Å²) in [6.45, 7) is 13.5. The highest BCUT2D eigenvalue weighted by Crippen LogP contribution is 2.21. The highest BCUT2D eigenvalue weighted by atomic mass is 127. The molecule has 2 fully saturated rings. The number of anilines is 1. The lowest BCUT2D eigenvalue weighted by molar-refractivity contribution is 0.263. The molecule has 0 spiro atoms. The highest BCUT2D eigenvalue weighted by Gasteiger charge is 2.22. The normalized spacial score (nSPS) is 21.4. The van der Waals surface area contributed by atoms with Gasteiger partial charge in [-0.1, -0.05) is 6.92 Å². The minimum atomic E-state index is 0. The van der Waals surface area contributed by atoms with E-state index in [4.69, 9.17) is 4.99 Å². The number of guanidine groups is 1. The molecule has 1 aromatic heterocycles. The molecule has 0 bridgehead atoms. The van der Waals surface area contributed by atoms with E-state index in [0.29, 0.717) is 0 Å². The lowest BCUT2D eigenvalue weighted by atomic mass is 10.3. The van der Waals surface area contributed by atoms with Crippen LogP contribution in [-0.4, -0.2) is 95.6 Å². The molecular weight excluding hydrogens is 485 g/mol. The second kappa shape index (κ2) is 12.7. The quantitative estimate of drug-likeness (QED) is 0.351. The van der Waals surface area contributed by atoms with Crippen molar-refractivity contribution in [3.63, 3.8) is 0 Å². The van der Waals surface area contributed by atoms with Crippen molar-refractivity contribution in [3.8, 4) is 0 Å². The fourth-order valence-corrected chi connectivity index (χ4v) is 4.69. The third-order valence-electron chi connectivity index (χ3n) is 5.11. The Bertz CT molecular complexity index is 581. The average molecular weight is 520 g/mol. The minimum Gasteiger partial charge on any atom is -0.357 e. The average Bonchev–Trinajstić information content (AvgIpc) is 2.74. The molecule has 2 aliphatic rings. The summed E-state index contributed by atoms with van der Waals surface area (Å²) in [6, 6.07) is 1.86. The van der Waals surface area contributed by atoms with Crippen LogP contribution >= 0.6 is 35.7 Å². The Morgan fingerprint density at radius 2 is 1.93 bits per heavy atom. The Morgan fingerprint density at radius 1 is 1.18 bits per heavy atom. The van der Waals surface area contributed by atoms with Crippen LogP contribution in [0.2, 0.25) is 0 Å². The van der Waals surface area contributed by atoms with Gasteiger partial charge in [0, 0.05) is 75.8 Å². The van der Waals surface area contributed by atoms with Crippen LogP contribution in [0.3, 0.4) is 0 Å². The molecule has 0 aromatic carbocycles. The Kier molecular flexibility index (Phi) is 10.6. The van der Waals surface area contributed by atoms with E-state index in [0.717, 1.165) is 76.1 Å². The van der Waals surface area contributed by atoms with Crippen molar-refractivity contribution in [1.29, 1.82) is 0 Å². The van der Waals surface area contributed by atoms with Gasteiger partial charge in [0.25, 0.3) is 0 Å². The van der Waals surface area contributed by atoms with E-state index >= 15 is 0 Å². The molecule has 0 amide bonds. The molecule has 2 aliphatic heterocycles. The number of halogens is 1. The van der Waals surface area contributed by atoms with Crippen LogP contribution in [0.15, 0.2) is 23.5 Å². The van der Waals surface area contributed by atoms with Gasteiger partial charge in [-0.25, -0.2) is 9.97 Å². The molecule has 2 saturated heterocycles. The standard InChI is InChI=1S/C19H33N7S.HI/c1-3-17-16-26(14-15-27-17)18(20-4-2)23-8-9-24-10-12-25(13-11-24)19-21-6-5-7-22-19;/h5-7,17H,3-4,8-16H2,1-2H3,(H,20,23);1H. The molecule has 1 aromatic rings. The molecule has 3 rings (SSSR count). The van der Waals surface area contributed by atoms with Gasteiger partial charge in [0.1, 0.15) is 0 Å². The zero-order valence-electron chi connectivity index (χ0n) is 17.1. The summed E-state index contributed by atoms with van der Waals surface area (Å²) in [5, 5.41) is 4.22. The summed E-state index contributed by atoms with van der Waals surface area (Å²) in [7, 11) is 0. The fourth-order valence-electron chi connectivity index (χ4n) is 3.51. The molecule has 0 saturated carbocycles. The molecule has 0 aliphatic carbocycles. The second-order valence-electron chi connectivity index (χ2n) is 6.96. The maximum absolute atomic E-state index is 4.92. The summed E-state index contributed by atoms with van der Waals surface area (Å²) >= 11 is 2.10. The third-order valence-corrected chi connectivity index (χ3v) is 6.49. The van der Waals surface area contributed by atoms with Gasteiger partial charge in [-0.2, -0.15) is 11.8 Å². The van der Waals surface area contributed by atoms with Crippen LogP contribution < -0.4 is 10.2 Å². The molecule has 3 heterocycles. The monoisotopic (exact) mass is 519 g/mol. The number of aliphatic imine (C=N–C) groups is 1. The Labute approximate surface area is 190 Å². The summed E-state index contributed by atoms with van der Waals surface area (Å²) in [5.41, 5.74) is 0. The van der Waals surface area contributed by atoms with Crippen molar-refractivity contribution >= 4 is 47.6 Å². The zero-order chi connectivity index (χ0) is 18.9. The second-order valence-corrected chi connectivity index (χ2v) is 8.37. The zero-order valence-corrected chi connectivity index (χ0v) is 20.2. The SMILES string of the molecule is CCNC(=NCCN1CCN(c2ncccn2)CC1)N1CCSC(CC)C1.I. The summed E-state index contributed by atoms with van der Waals surface area (Å²) < 4.78 is 0. The first-order valence-corrected chi connectivity index (χ1v) is 11.2. The van der Waals surface area contributed by atoms with Crippen molar-refractivity contribution in [1.82, 2.24) is 25.1 Å². The van der Waals surface area contributed by atoms with Gasteiger partial charge >= 0.3 is 0 Å². The number of hydrogen-bond donors (Lipinski definition) is 1. The number of aromatic nitrogens is 2. The van der Waals surface area contributed by atoms with Crippen molar-refractivity contribution in [2.45, 2.75) is 25.5 Å². The van der Waals surface area contributed by atoms with Gasteiger partial charge in [-0.05, 0) is 19.4 Å². The van der Waals surface area contributed by atoms with E-state index < -0.39 is 0 Å². The molecule has 9 heteroatoms. The summed E-state index contributed by atoms with van der Waals surface area (Å²) in [5.74, 6) is 3.14. The first kappa shape index (κ1) is 23.5. The number of nitrogens with zero attached hydrogens (tertiary/aromatic N) is 6. The fraction of sp³-hybridized carbons (Fsp3) is 0.737. The smallest absolute Gasteiger partial charge is 0.225 e. The van der Waals surface area contributed by atoms with E-state index in [1.807, 2.05) is 18.5 Å². The molecule has 1 N–H and O–H groups in total. The van der Waals surface area contributed by atoms with Crippen LogP contribution in [0.4, 0.5) is 5.95 Å². The van der Waals surface area contributed by atoms with Crippen molar-refractivity contribution < 1.29 is 0 Å². The van der Waals surface area contributed by atoms with E-state index in [-0.39, 0.29) is 24.0 Å². The first-order valence-electron chi connectivity index (χ1n) is 10.2. The predicted molar refractivity (Wildman–Crippen MR) is 130 cm³/mol. The Balaban J connectivity index is 0.00000280. The van der Waals surface area contributed by atoms with Crippen molar-refractivity contribution in [3.05, 3.63) is 18.5 Å². The Hall–Kier alpha value is -0.810. The predicted octanol–water partition coefficient (Wildman–Crippen LogP) is 2.01. The Morgan fingerprint density at radius 3 is 2.61 bits per heavy atom. The maximum Gasteiger partial charge on any atom is 0.225 e. The van der Waals surface area contributed by atoms with Crippen LogP contribution in [-0.2, 0) is 0 Å². The van der Waals surface area contributed by atoms with Crippen molar-refractivity contribution in [2.75, 3.05) is 69.6 Å². The molecule has 0 radical (unpaired) electrons. The molecular formula is C19H34IN7S. The van der Waals surface area contributed by atoms with Gasteiger partial charge < -0.3 is 15.1 Å². The van der Waals surface area contributed by atoms with Crippen LogP contribution in [0.5, 0.6) is 0 Å². The van der Waals surface area contributed by atoms with E-state index in [9.17, 15) is 0 Å². The lowest BCUT2D eigenvalue weighted by Gasteiger charge is -2.35. The third kappa shape index (κ3) is 6.91. The van der Waals surface area contributed by atoms with E-state index in [1.54, 1.807) is 0 Å².